The molecule has 1 aromatic rings. The van der Waals surface area contributed by atoms with E-state index < -0.39 is 0 Å². The molecule has 2 rings (SSSR count). The number of amides is 1. The summed E-state index contributed by atoms with van der Waals surface area (Å²) in [6, 6.07) is 4.86. The third-order valence-corrected chi connectivity index (χ3v) is 3.43. The van der Waals surface area contributed by atoms with Gasteiger partial charge in [0.15, 0.2) is 0 Å². The molecule has 94 valence electrons. The molecule has 3 nitrogen and oxygen atoms in total. The van der Waals surface area contributed by atoms with Gasteiger partial charge in [-0.05, 0) is 37.0 Å². The number of phenolic OH excluding ortho intramolecular Hbond substituents is 1. The van der Waals surface area contributed by atoms with Gasteiger partial charge < -0.3 is 10.0 Å². The lowest BCUT2D eigenvalue weighted by Crippen LogP contribution is -2.33. The molecule has 1 fully saturated rings. The quantitative estimate of drug-likeness (QED) is 0.869. The van der Waals surface area contributed by atoms with Crippen LogP contribution in [0.4, 0.5) is 0 Å². The van der Waals surface area contributed by atoms with Crippen molar-refractivity contribution in [2.45, 2.75) is 12.8 Å². The van der Waals surface area contributed by atoms with Crippen LogP contribution in [0.25, 0.3) is 0 Å². The fraction of sp³-hybridized carbons (Fsp3) is 0.357. The Morgan fingerprint density at radius 2 is 2.28 bits per heavy atom. The maximum atomic E-state index is 12.3. The first kappa shape index (κ1) is 13.0. The predicted molar refractivity (Wildman–Crippen MR) is 73.3 cm³/mol. The van der Waals surface area contributed by atoms with Crippen molar-refractivity contribution in [3.8, 4) is 18.1 Å². The molecule has 0 aromatic heterocycles. The summed E-state index contributed by atoms with van der Waals surface area (Å²) >= 11 is 3.25. The van der Waals surface area contributed by atoms with Gasteiger partial charge in [-0.25, -0.2) is 0 Å². The Labute approximate surface area is 115 Å². The summed E-state index contributed by atoms with van der Waals surface area (Å²) in [7, 11) is 0. The molecule has 1 aliphatic rings. The van der Waals surface area contributed by atoms with E-state index in [0.717, 1.165) is 17.3 Å². The van der Waals surface area contributed by atoms with Gasteiger partial charge in [0, 0.05) is 11.0 Å². The maximum absolute atomic E-state index is 12.3. The first-order valence-corrected chi connectivity index (χ1v) is 6.62. The topological polar surface area (TPSA) is 40.5 Å². The Morgan fingerprint density at radius 1 is 1.56 bits per heavy atom. The van der Waals surface area contributed by atoms with Crippen LogP contribution in [0.15, 0.2) is 22.7 Å². The fourth-order valence-corrected chi connectivity index (χ4v) is 2.15. The van der Waals surface area contributed by atoms with Gasteiger partial charge >= 0.3 is 0 Å². The molecule has 0 aliphatic heterocycles. The molecule has 0 unspecified atom stereocenters. The minimum Gasteiger partial charge on any atom is -0.507 e. The standard InChI is InChI=1S/C14H14BrNO2/c1-2-7-16(9-10-3-4-10)14(18)12-6-5-11(15)8-13(12)17/h1,5-6,8,10,17H,3-4,7,9H2. The maximum Gasteiger partial charge on any atom is 0.258 e. The zero-order valence-electron chi connectivity index (χ0n) is 9.90. The number of phenols is 1. The summed E-state index contributed by atoms with van der Waals surface area (Å²) in [5.41, 5.74) is 0.300. The summed E-state index contributed by atoms with van der Waals surface area (Å²) in [4.78, 5) is 13.9. The Kier molecular flexibility index (Phi) is 3.93. The Hall–Kier alpha value is -1.47. The van der Waals surface area contributed by atoms with E-state index in [4.69, 9.17) is 6.42 Å². The Morgan fingerprint density at radius 3 is 2.83 bits per heavy atom. The van der Waals surface area contributed by atoms with Gasteiger partial charge in [-0.3, -0.25) is 4.79 Å². The van der Waals surface area contributed by atoms with E-state index in [1.165, 1.54) is 6.07 Å². The van der Waals surface area contributed by atoms with E-state index in [2.05, 4.69) is 21.9 Å². The van der Waals surface area contributed by atoms with Crippen molar-refractivity contribution in [1.82, 2.24) is 4.90 Å². The second kappa shape index (κ2) is 5.45. The average Bonchev–Trinajstić information content (AvgIpc) is 3.11. The van der Waals surface area contributed by atoms with Gasteiger partial charge in [0.2, 0.25) is 0 Å². The van der Waals surface area contributed by atoms with Crippen LogP contribution >= 0.6 is 15.9 Å². The lowest BCUT2D eigenvalue weighted by Gasteiger charge is -2.20. The molecule has 4 heteroatoms. The predicted octanol–water partition coefficient (Wildman–Crippen LogP) is 2.64. The molecule has 0 heterocycles. The lowest BCUT2D eigenvalue weighted by atomic mass is 10.1. The minimum atomic E-state index is -0.204. The van der Waals surface area contributed by atoms with Gasteiger partial charge in [0.05, 0.1) is 12.1 Å². The monoisotopic (exact) mass is 307 g/mol. The van der Waals surface area contributed by atoms with E-state index in [1.807, 2.05) is 0 Å². The summed E-state index contributed by atoms with van der Waals surface area (Å²) in [6.07, 6.45) is 7.60. The summed E-state index contributed by atoms with van der Waals surface area (Å²) in [5, 5.41) is 9.80. The van der Waals surface area contributed by atoms with Crippen LogP contribution < -0.4 is 0 Å². The third-order valence-electron chi connectivity index (χ3n) is 2.94. The Bertz CT molecular complexity index is 503. The summed E-state index contributed by atoms with van der Waals surface area (Å²) in [6.45, 7) is 0.962. The van der Waals surface area contributed by atoms with Gasteiger partial charge in [-0.1, -0.05) is 21.9 Å². The van der Waals surface area contributed by atoms with E-state index in [-0.39, 0.29) is 18.2 Å². The molecule has 1 saturated carbocycles. The van der Waals surface area contributed by atoms with E-state index >= 15 is 0 Å². The molecule has 18 heavy (non-hydrogen) atoms. The second-order valence-corrected chi connectivity index (χ2v) is 5.41. The summed E-state index contributed by atoms with van der Waals surface area (Å²) in [5.74, 6) is 2.84. The zero-order chi connectivity index (χ0) is 13.1. The van der Waals surface area contributed by atoms with Crippen molar-refractivity contribution in [1.29, 1.82) is 0 Å². The largest absolute Gasteiger partial charge is 0.507 e. The highest BCUT2D eigenvalue weighted by atomic mass is 79.9. The van der Waals surface area contributed by atoms with Gasteiger partial charge in [-0.2, -0.15) is 0 Å². The van der Waals surface area contributed by atoms with Crippen molar-refractivity contribution in [2.75, 3.05) is 13.1 Å². The highest BCUT2D eigenvalue weighted by Gasteiger charge is 2.27. The molecule has 0 bridgehead atoms. The number of terminal acetylenes is 1. The average molecular weight is 308 g/mol. The molecule has 1 N–H and O–H groups in total. The van der Waals surface area contributed by atoms with Crippen LogP contribution in [0.1, 0.15) is 23.2 Å². The molecular formula is C14H14BrNO2. The van der Waals surface area contributed by atoms with Crippen molar-refractivity contribution in [3.05, 3.63) is 28.2 Å². The van der Waals surface area contributed by atoms with E-state index in [1.54, 1.807) is 17.0 Å². The zero-order valence-corrected chi connectivity index (χ0v) is 11.5. The molecule has 1 amide bonds. The lowest BCUT2D eigenvalue weighted by molar-refractivity contribution is 0.0767. The first-order chi connectivity index (χ1) is 8.61. The van der Waals surface area contributed by atoms with Gasteiger partial charge in [0.25, 0.3) is 5.91 Å². The van der Waals surface area contributed by atoms with Crippen molar-refractivity contribution in [2.24, 2.45) is 5.92 Å². The van der Waals surface area contributed by atoms with Gasteiger partial charge in [0.1, 0.15) is 5.75 Å². The molecule has 0 saturated heterocycles. The van der Waals surface area contributed by atoms with Gasteiger partial charge in [-0.15, -0.1) is 6.42 Å². The number of hydrogen-bond acceptors (Lipinski definition) is 2. The molecule has 0 atom stereocenters. The molecule has 1 aliphatic carbocycles. The van der Waals surface area contributed by atoms with Crippen LogP contribution in [0.5, 0.6) is 5.75 Å². The smallest absolute Gasteiger partial charge is 0.258 e. The molecule has 1 aromatic carbocycles. The van der Waals surface area contributed by atoms with Crippen LogP contribution in [0.2, 0.25) is 0 Å². The van der Waals surface area contributed by atoms with Crippen molar-refractivity contribution >= 4 is 21.8 Å². The van der Waals surface area contributed by atoms with E-state index in [0.29, 0.717) is 18.0 Å². The van der Waals surface area contributed by atoms with Crippen LogP contribution in [-0.2, 0) is 0 Å². The number of aromatic hydroxyl groups is 1. The van der Waals surface area contributed by atoms with Crippen LogP contribution in [0, 0.1) is 18.3 Å². The number of nitrogens with zero attached hydrogens (tertiary/aromatic N) is 1. The van der Waals surface area contributed by atoms with Crippen LogP contribution in [-0.4, -0.2) is 29.0 Å². The van der Waals surface area contributed by atoms with Crippen molar-refractivity contribution in [3.63, 3.8) is 0 Å². The second-order valence-electron chi connectivity index (χ2n) is 4.49. The highest BCUT2D eigenvalue weighted by Crippen LogP contribution is 2.31. The number of halogens is 1. The Balaban J connectivity index is 2.18. The van der Waals surface area contributed by atoms with Crippen LogP contribution in [0.3, 0.4) is 0 Å². The number of benzene rings is 1. The molecule has 0 spiro atoms. The number of carbonyl (C=O) groups is 1. The number of carbonyl (C=O) groups excluding carboxylic acids is 1. The van der Waals surface area contributed by atoms with E-state index in [9.17, 15) is 9.90 Å². The molecule has 0 radical (unpaired) electrons. The summed E-state index contributed by atoms with van der Waals surface area (Å²) < 4.78 is 0.738. The fourth-order valence-electron chi connectivity index (χ4n) is 1.80. The van der Waals surface area contributed by atoms with Crippen molar-refractivity contribution < 1.29 is 9.90 Å². The minimum absolute atomic E-state index is 0.0211. The third kappa shape index (κ3) is 3.05. The SMILES string of the molecule is C#CCN(CC1CC1)C(=O)c1ccc(Br)cc1O. The molecular weight excluding hydrogens is 294 g/mol. The first-order valence-electron chi connectivity index (χ1n) is 5.83. The highest BCUT2D eigenvalue weighted by molar-refractivity contribution is 9.10. The number of hydrogen-bond donors (Lipinski definition) is 1. The number of rotatable bonds is 4. The normalized spacial score (nSPS) is 14.0.